The highest BCUT2D eigenvalue weighted by Crippen LogP contribution is 2.22. The second-order valence-corrected chi connectivity index (χ2v) is 7.51. The number of hydrogen-bond donors (Lipinski definition) is 1. The number of carbonyl (C=O) groups excluding carboxylic acids is 1. The van der Waals surface area contributed by atoms with Gasteiger partial charge >= 0.3 is 0 Å². The molecular weight excluding hydrogens is 350 g/mol. The topological polar surface area (TPSA) is 29.1 Å². The molecule has 0 heterocycles. The molecule has 0 aliphatic carbocycles. The van der Waals surface area contributed by atoms with Crippen LogP contribution >= 0.6 is 15.9 Å². The zero-order valence-electron chi connectivity index (χ0n) is 14.0. The first kappa shape index (κ1) is 17.5. The van der Waals surface area contributed by atoms with E-state index in [2.05, 4.69) is 54.2 Å². The summed E-state index contributed by atoms with van der Waals surface area (Å²) in [5, 5.41) is 2.87. The Labute approximate surface area is 146 Å². The van der Waals surface area contributed by atoms with Crippen molar-refractivity contribution in [3.05, 3.63) is 69.7 Å². The Morgan fingerprint density at radius 3 is 2.30 bits per heavy atom. The van der Waals surface area contributed by atoms with Crippen molar-refractivity contribution in [1.82, 2.24) is 0 Å². The molecule has 23 heavy (non-hydrogen) atoms. The van der Waals surface area contributed by atoms with E-state index in [4.69, 9.17) is 0 Å². The number of rotatable bonds is 3. The van der Waals surface area contributed by atoms with Gasteiger partial charge in [-0.3, -0.25) is 4.79 Å². The standard InChI is InChI=1S/C20H22BrNO/c1-14-13-17(10-11-18(14)21)22-19(23)12-7-15-5-8-16(9-6-15)20(2,3)4/h5-13H,1-4H3,(H,22,23). The lowest BCUT2D eigenvalue weighted by Gasteiger charge is -2.18. The predicted molar refractivity (Wildman–Crippen MR) is 102 cm³/mol. The molecule has 2 aromatic carbocycles. The molecule has 0 saturated heterocycles. The van der Waals surface area contributed by atoms with Crippen molar-refractivity contribution in [2.75, 3.05) is 5.32 Å². The third-order valence-corrected chi connectivity index (χ3v) is 4.52. The SMILES string of the molecule is Cc1cc(NC(=O)C=Cc2ccc(C(C)(C)C)cc2)ccc1Br. The van der Waals surface area contributed by atoms with Crippen molar-refractivity contribution in [2.24, 2.45) is 0 Å². The minimum absolute atomic E-state index is 0.133. The van der Waals surface area contributed by atoms with Crippen LogP contribution in [0.25, 0.3) is 6.08 Å². The van der Waals surface area contributed by atoms with E-state index in [1.54, 1.807) is 6.08 Å². The molecule has 2 nitrogen and oxygen atoms in total. The van der Waals surface area contributed by atoms with E-state index < -0.39 is 0 Å². The maximum atomic E-state index is 12.0. The lowest BCUT2D eigenvalue weighted by Crippen LogP contribution is -2.10. The van der Waals surface area contributed by atoms with Crippen molar-refractivity contribution < 1.29 is 4.79 Å². The van der Waals surface area contributed by atoms with E-state index in [-0.39, 0.29) is 11.3 Å². The summed E-state index contributed by atoms with van der Waals surface area (Å²) >= 11 is 3.45. The zero-order chi connectivity index (χ0) is 17.0. The molecule has 0 aliphatic heterocycles. The fourth-order valence-corrected chi connectivity index (χ4v) is 2.42. The van der Waals surface area contributed by atoms with Crippen LogP contribution in [0.5, 0.6) is 0 Å². The summed E-state index contributed by atoms with van der Waals surface area (Å²) in [6, 6.07) is 14.0. The number of hydrogen-bond acceptors (Lipinski definition) is 1. The van der Waals surface area contributed by atoms with Crippen LogP contribution in [0.15, 0.2) is 53.0 Å². The molecule has 120 valence electrons. The molecule has 0 spiro atoms. The normalized spacial score (nSPS) is 11.7. The monoisotopic (exact) mass is 371 g/mol. The summed E-state index contributed by atoms with van der Waals surface area (Å²) in [6.07, 6.45) is 3.39. The van der Waals surface area contributed by atoms with E-state index in [0.717, 1.165) is 21.3 Å². The summed E-state index contributed by atoms with van der Waals surface area (Å²) in [4.78, 5) is 12.0. The van der Waals surface area contributed by atoms with Crippen molar-refractivity contribution in [1.29, 1.82) is 0 Å². The van der Waals surface area contributed by atoms with E-state index in [1.807, 2.05) is 43.3 Å². The average Bonchev–Trinajstić information content (AvgIpc) is 2.48. The van der Waals surface area contributed by atoms with Crippen LogP contribution in [0.3, 0.4) is 0 Å². The van der Waals surface area contributed by atoms with Crippen molar-refractivity contribution in [2.45, 2.75) is 33.1 Å². The largest absolute Gasteiger partial charge is 0.323 e. The summed E-state index contributed by atoms with van der Waals surface area (Å²) in [6.45, 7) is 8.55. The third-order valence-electron chi connectivity index (χ3n) is 3.63. The predicted octanol–water partition coefficient (Wildman–Crippen LogP) is 5.71. The molecule has 0 aromatic heterocycles. The van der Waals surface area contributed by atoms with Gasteiger partial charge in [0.05, 0.1) is 0 Å². The van der Waals surface area contributed by atoms with Gasteiger partial charge in [-0.2, -0.15) is 0 Å². The van der Waals surface area contributed by atoms with E-state index in [0.29, 0.717) is 0 Å². The van der Waals surface area contributed by atoms with Crippen molar-refractivity contribution in [3.8, 4) is 0 Å². The second-order valence-electron chi connectivity index (χ2n) is 6.66. The molecule has 2 rings (SSSR count). The Balaban J connectivity index is 2.02. The Bertz CT molecular complexity index is 724. The fourth-order valence-electron chi connectivity index (χ4n) is 2.17. The molecular formula is C20H22BrNO. The van der Waals surface area contributed by atoms with E-state index in [1.165, 1.54) is 5.56 Å². The lowest BCUT2D eigenvalue weighted by molar-refractivity contribution is -0.111. The quantitative estimate of drug-likeness (QED) is 0.688. The number of anilines is 1. The fraction of sp³-hybridized carbons (Fsp3) is 0.250. The smallest absolute Gasteiger partial charge is 0.248 e. The third kappa shape index (κ3) is 5.07. The molecule has 3 heteroatoms. The summed E-state index contributed by atoms with van der Waals surface area (Å²) in [7, 11) is 0. The maximum absolute atomic E-state index is 12.0. The molecule has 0 aliphatic rings. The van der Waals surface area contributed by atoms with Crippen LogP contribution in [0.2, 0.25) is 0 Å². The van der Waals surface area contributed by atoms with Crippen LogP contribution in [0.4, 0.5) is 5.69 Å². The second kappa shape index (κ2) is 7.14. The van der Waals surface area contributed by atoms with Crippen LogP contribution < -0.4 is 5.32 Å². The van der Waals surface area contributed by atoms with Gasteiger partial charge in [-0.15, -0.1) is 0 Å². The van der Waals surface area contributed by atoms with Gasteiger partial charge in [0.1, 0.15) is 0 Å². The first-order chi connectivity index (χ1) is 10.8. The molecule has 0 fully saturated rings. The molecule has 2 aromatic rings. The first-order valence-electron chi connectivity index (χ1n) is 7.61. The van der Waals surface area contributed by atoms with Crippen LogP contribution in [0.1, 0.15) is 37.5 Å². The zero-order valence-corrected chi connectivity index (χ0v) is 15.6. The van der Waals surface area contributed by atoms with Gasteiger partial charge in [0.15, 0.2) is 0 Å². The van der Waals surface area contributed by atoms with Gasteiger partial charge in [0, 0.05) is 16.2 Å². The highest BCUT2D eigenvalue weighted by atomic mass is 79.9. The Kier molecular flexibility index (Phi) is 5.42. The number of amides is 1. The summed E-state index contributed by atoms with van der Waals surface area (Å²) in [5.74, 6) is -0.133. The van der Waals surface area contributed by atoms with Gasteiger partial charge in [-0.1, -0.05) is 61.0 Å². The average molecular weight is 372 g/mol. The Hall–Kier alpha value is -1.87. The first-order valence-corrected chi connectivity index (χ1v) is 8.41. The highest BCUT2D eigenvalue weighted by molar-refractivity contribution is 9.10. The number of aryl methyl sites for hydroxylation is 1. The molecule has 1 N–H and O–H groups in total. The number of benzene rings is 2. The van der Waals surface area contributed by atoms with Gasteiger partial charge in [0.2, 0.25) is 5.91 Å². The lowest BCUT2D eigenvalue weighted by atomic mass is 9.87. The molecule has 0 bridgehead atoms. The van der Waals surface area contributed by atoms with Gasteiger partial charge in [0.25, 0.3) is 0 Å². The maximum Gasteiger partial charge on any atom is 0.248 e. The van der Waals surface area contributed by atoms with Crippen molar-refractivity contribution in [3.63, 3.8) is 0 Å². The van der Waals surface area contributed by atoms with E-state index in [9.17, 15) is 4.79 Å². The van der Waals surface area contributed by atoms with Gasteiger partial charge in [-0.05, 0) is 53.3 Å². The Morgan fingerprint density at radius 1 is 1.09 bits per heavy atom. The van der Waals surface area contributed by atoms with Crippen LogP contribution in [-0.4, -0.2) is 5.91 Å². The van der Waals surface area contributed by atoms with Crippen molar-refractivity contribution >= 4 is 33.6 Å². The number of halogens is 1. The number of carbonyl (C=O) groups is 1. The molecule has 1 amide bonds. The van der Waals surface area contributed by atoms with Gasteiger partial charge in [-0.25, -0.2) is 0 Å². The van der Waals surface area contributed by atoms with Crippen LogP contribution in [0, 0.1) is 6.92 Å². The van der Waals surface area contributed by atoms with E-state index >= 15 is 0 Å². The molecule has 0 atom stereocenters. The summed E-state index contributed by atoms with van der Waals surface area (Å²) < 4.78 is 1.03. The van der Waals surface area contributed by atoms with Gasteiger partial charge < -0.3 is 5.32 Å². The number of nitrogens with one attached hydrogen (secondary N) is 1. The summed E-state index contributed by atoms with van der Waals surface area (Å²) in [5.41, 5.74) is 4.32. The Morgan fingerprint density at radius 2 is 1.74 bits per heavy atom. The molecule has 0 radical (unpaired) electrons. The minimum atomic E-state index is -0.133. The molecule has 0 unspecified atom stereocenters. The molecule has 0 saturated carbocycles. The minimum Gasteiger partial charge on any atom is -0.323 e. The highest BCUT2D eigenvalue weighted by Gasteiger charge is 2.12. The van der Waals surface area contributed by atoms with Crippen LogP contribution in [-0.2, 0) is 10.2 Å².